The lowest BCUT2D eigenvalue weighted by molar-refractivity contribution is 0.0945. The lowest BCUT2D eigenvalue weighted by Gasteiger charge is -2.29. The maximum Gasteiger partial charge on any atom is 0.258 e. The Bertz CT molecular complexity index is 1110. The van der Waals surface area contributed by atoms with Crippen LogP contribution >= 0.6 is 0 Å². The van der Waals surface area contributed by atoms with Crippen molar-refractivity contribution >= 4 is 23.0 Å². The summed E-state index contributed by atoms with van der Waals surface area (Å²) in [4.78, 5) is 15.0. The fourth-order valence-corrected chi connectivity index (χ4v) is 4.11. The number of rotatable bonds is 12. The van der Waals surface area contributed by atoms with Crippen LogP contribution in [0.3, 0.4) is 0 Å². The van der Waals surface area contributed by atoms with Crippen LogP contribution in [0.5, 0.6) is 11.5 Å². The van der Waals surface area contributed by atoms with E-state index >= 15 is 0 Å². The number of allylic oxidation sites excluding steroid dienone is 1. The number of carbonyl (C=O) groups excluding carboxylic acids is 1. The van der Waals surface area contributed by atoms with Gasteiger partial charge in [-0.3, -0.25) is 4.79 Å². The molecule has 0 saturated heterocycles. The molecule has 1 aliphatic heterocycles. The lowest BCUT2D eigenvalue weighted by atomic mass is 9.98. The molecule has 2 aromatic carbocycles. The highest BCUT2D eigenvalue weighted by molar-refractivity contribution is 6.00. The van der Waals surface area contributed by atoms with Crippen molar-refractivity contribution in [2.24, 2.45) is 0 Å². The van der Waals surface area contributed by atoms with Gasteiger partial charge in [0.25, 0.3) is 5.91 Å². The number of ether oxygens (including phenoxy) is 2. The Kier molecular flexibility index (Phi) is 9.42. The molecular weight excluding hydrogens is 454 g/mol. The maximum atomic E-state index is 12.9. The first kappa shape index (κ1) is 27.1. The minimum Gasteiger partial charge on any atom is -0.496 e. The number of methoxy groups -OCH3 is 2. The number of benzene rings is 2. The van der Waals surface area contributed by atoms with Gasteiger partial charge in [-0.05, 0) is 62.4 Å². The predicted octanol–water partition coefficient (Wildman–Crippen LogP) is 5.30. The highest BCUT2D eigenvalue weighted by Gasteiger charge is 2.23. The van der Waals surface area contributed by atoms with Gasteiger partial charge in [0.1, 0.15) is 17.1 Å². The van der Waals surface area contributed by atoms with Crippen LogP contribution in [-0.2, 0) is 0 Å². The van der Waals surface area contributed by atoms with E-state index in [0.717, 1.165) is 29.8 Å². The number of nitrogens with one attached hydrogen (secondary N) is 2. The van der Waals surface area contributed by atoms with Gasteiger partial charge in [-0.15, -0.1) is 0 Å². The number of amides is 1. The summed E-state index contributed by atoms with van der Waals surface area (Å²) in [5.74, 6) is 0.534. The number of hydrogen-bond donors (Lipinski definition) is 3. The largest absolute Gasteiger partial charge is 0.496 e. The molecule has 0 fully saturated rings. The van der Waals surface area contributed by atoms with Crippen LogP contribution in [0.2, 0.25) is 0 Å². The van der Waals surface area contributed by atoms with E-state index in [4.69, 9.17) is 14.6 Å². The monoisotopic (exact) mass is 493 g/mol. The highest BCUT2D eigenvalue weighted by Crippen LogP contribution is 2.39. The molecule has 0 radical (unpaired) electrons. The van der Waals surface area contributed by atoms with Crippen LogP contribution in [0.4, 0.5) is 11.4 Å². The molecule has 0 aliphatic carbocycles. The van der Waals surface area contributed by atoms with Crippen molar-refractivity contribution in [3.05, 3.63) is 64.9 Å². The molecule has 1 heterocycles. The van der Waals surface area contributed by atoms with Gasteiger partial charge < -0.3 is 30.1 Å². The van der Waals surface area contributed by atoms with Crippen LogP contribution in [0.15, 0.2) is 48.2 Å². The van der Waals surface area contributed by atoms with Gasteiger partial charge in [0.2, 0.25) is 0 Å². The molecule has 36 heavy (non-hydrogen) atoms. The van der Waals surface area contributed by atoms with E-state index in [0.29, 0.717) is 36.1 Å². The fourth-order valence-electron chi connectivity index (χ4n) is 4.11. The second-order valence-corrected chi connectivity index (χ2v) is 9.00. The molecule has 1 amide bonds. The molecule has 7 nitrogen and oxygen atoms in total. The minimum atomic E-state index is -0.303. The average molecular weight is 494 g/mol. The lowest BCUT2D eigenvalue weighted by Crippen LogP contribution is -2.34. The van der Waals surface area contributed by atoms with Gasteiger partial charge in [-0.1, -0.05) is 25.5 Å². The smallest absolute Gasteiger partial charge is 0.258 e. The Labute approximate surface area is 214 Å². The maximum absolute atomic E-state index is 12.9. The third-order valence-corrected chi connectivity index (χ3v) is 6.44. The van der Waals surface area contributed by atoms with Crippen molar-refractivity contribution in [1.82, 2.24) is 10.6 Å². The molecule has 1 aliphatic rings. The van der Waals surface area contributed by atoms with Crippen LogP contribution < -0.4 is 25.0 Å². The molecule has 0 bridgehead atoms. The number of hydrogen-bond acceptors (Lipinski definition) is 6. The van der Waals surface area contributed by atoms with Crippen LogP contribution in [0, 0.1) is 6.92 Å². The summed E-state index contributed by atoms with van der Waals surface area (Å²) < 4.78 is 11.3. The molecule has 3 N–H and O–H groups in total. The number of aryl methyl sites for hydroxylation is 1. The standard InChI is InChI=1S/C29H39N3O4/c1-7-19(3)18-32(25-11-10-21(14-20(25)4)24-15-22(8-2)31-24)23-16-26(35-5)28(27(17-23)36-6)29(34)30-12-9-13-33/h10-11,14-18,22,31,33H,7-9,12-13H2,1-6H3,(H,30,34)/b19-18-. The number of aliphatic hydroxyl groups is 1. The molecule has 2 aromatic rings. The second-order valence-electron chi connectivity index (χ2n) is 9.00. The summed E-state index contributed by atoms with van der Waals surface area (Å²) in [5.41, 5.74) is 6.85. The topological polar surface area (TPSA) is 83.1 Å². The van der Waals surface area contributed by atoms with Crippen LogP contribution in [0.1, 0.15) is 61.5 Å². The molecule has 0 saturated carbocycles. The van der Waals surface area contributed by atoms with Gasteiger partial charge >= 0.3 is 0 Å². The first-order valence-corrected chi connectivity index (χ1v) is 12.6. The first-order valence-electron chi connectivity index (χ1n) is 12.6. The summed E-state index contributed by atoms with van der Waals surface area (Å²) in [7, 11) is 3.09. The molecular formula is C29H39N3O4. The zero-order valence-electron chi connectivity index (χ0n) is 22.3. The number of carbonyl (C=O) groups is 1. The number of anilines is 2. The normalized spacial score (nSPS) is 14.9. The summed E-state index contributed by atoms with van der Waals surface area (Å²) in [6, 6.07) is 10.6. The average Bonchev–Trinajstić information content (AvgIpc) is 2.86. The van der Waals surface area contributed by atoms with Crippen LogP contribution in [-0.4, -0.2) is 44.4 Å². The van der Waals surface area contributed by atoms with Crippen LogP contribution in [0.25, 0.3) is 5.70 Å². The van der Waals surface area contributed by atoms with E-state index in [9.17, 15) is 4.79 Å². The Morgan fingerprint density at radius 3 is 2.36 bits per heavy atom. The van der Waals surface area contributed by atoms with Crippen molar-refractivity contribution < 1.29 is 19.4 Å². The van der Waals surface area contributed by atoms with Gasteiger partial charge in [0, 0.05) is 48.9 Å². The fraction of sp³-hybridized carbons (Fsp3) is 0.414. The summed E-state index contributed by atoms with van der Waals surface area (Å²) >= 11 is 0. The van der Waals surface area contributed by atoms with Crippen molar-refractivity contribution in [1.29, 1.82) is 0 Å². The molecule has 0 aromatic heterocycles. The van der Waals surface area contributed by atoms with E-state index in [1.165, 1.54) is 16.8 Å². The van der Waals surface area contributed by atoms with E-state index < -0.39 is 0 Å². The van der Waals surface area contributed by atoms with E-state index in [-0.39, 0.29) is 12.5 Å². The predicted molar refractivity (Wildman–Crippen MR) is 146 cm³/mol. The second kappa shape index (κ2) is 12.5. The highest BCUT2D eigenvalue weighted by atomic mass is 16.5. The molecule has 3 rings (SSSR count). The zero-order chi connectivity index (χ0) is 26.2. The Hall–Kier alpha value is -3.45. The Morgan fingerprint density at radius 2 is 1.83 bits per heavy atom. The van der Waals surface area contributed by atoms with Crippen molar-refractivity contribution in [3.63, 3.8) is 0 Å². The summed E-state index contributed by atoms with van der Waals surface area (Å²) in [6.45, 7) is 8.88. The zero-order valence-corrected chi connectivity index (χ0v) is 22.3. The third-order valence-electron chi connectivity index (χ3n) is 6.44. The Morgan fingerprint density at radius 1 is 1.17 bits per heavy atom. The summed E-state index contributed by atoms with van der Waals surface area (Å²) in [6.07, 6.45) is 6.85. The first-order chi connectivity index (χ1) is 17.4. The van der Waals surface area contributed by atoms with Gasteiger partial charge in [0.15, 0.2) is 0 Å². The quantitative estimate of drug-likeness (QED) is 0.348. The van der Waals surface area contributed by atoms with Gasteiger partial charge in [-0.2, -0.15) is 0 Å². The van der Waals surface area contributed by atoms with Crippen molar-refractivity contribution in [3.8, 4) is 11.5 Å². The third kappa shape index (κ3) is 6.02. The van der Waals surface area contributed by atoms with Crippen molar-refractivity contribution in [2.75, 3.05) is 32.3 Å². The number of nitrogens with zero attached hydrogens (tertiary/aromatic N) is 1. The minimum absolute atomic E-state index is 0.0102. The van der Waals surface area contributed by atoms with Gasteiger partial charge in [-0.25, -0.2) is 0 Å². The van der Waals surface area contributed by atoms with Crippen molar-refractivity contribution in [2.45, 2.75) is 53.0 Å². The molecule has 0 spiro atoms. The summed E-state index contributed by atoms with van der Waals surface area (Å²) in [5, 5.41) is 15.4. The molecule has 1 unspecified atom stereocenters. The Balaban J connectivity index is 2.06. The van der Waals surface area contributed by atoms with E-state index in [2.05, 4.69) is 73.7 Å². The van der Waals surface area contributed by atoms with E-state index in [1.54, 1.807) is 14.2 Å². The van der Waals surface area contributed by atoms with E-state index in [1.807, 2.05) is 12.1 Å². The molecule has 1 atom stereocenters. The SMILES string of the molecule is CC/C(C)=C\N(c1cc(OC)c(C(=O)NCCCO)c(OC)c1)c1ccc(C2=CC(CC)N2)cc1C. The molecule has 194 valence electrons. The molecule has 7 heteroatoms. The van der Waals surface area contributed by atoms with Gasteiger partial charge in [0.05, 0.1) is 19.9 Å². The number of aliphatic hydroxyl groups excluding tert-OH is 1.